The van der Waals surface area contributed by atoms with Crippen LogP contribution in [0.25, 0.3) is 0 Å². The lowest BCUT2D eigenvalue weighted by Crippen LogP contribution is -2.20. The molecule has 32 heavy (non-hydrogen) atoms. The molecule has 164 valence electrons. The van der Waals surface area contributed by atoms with E-state index >= 15 is 0 Å². The molecule has 0 aliphatic carbocycles. The summed E-state index contributed by atoms with van der Waals surface area (Å²) in [5, 5.41) is 17.6. The third-order valence-corrected chi connectivity index (χ3v) is 5.74. The Labute approximate surface area is 206 Å². The van der Waals surface area contributed by atoms with E-state index in [0.29, 0.717) is 44.9 Å². The van der Waals surface area contributed by atoms with Gasteiger partial charge in [0.1, 0.15) is 0 Å². The van der Waals surface area contributed by atoms with Crippen molar-refractivity contribution in [2.24, 2.45) is 0 Å². The fourth-order valence-electron chi connectivity index (χ4n) is 3.10. The molecule has 0 radical (unpaired) electrons. The van der Waals surface area contributed by atoms with E-state index in [2.05, 4.69) is 20.8 Å². The number of hydrogen-bond acceptors (Lipinski definition) is 3. The van der Waals surface area contributed by atoms with Crippen molar-refractivity contribution >= 4 is 63.8 Å². The van der Waals surface area contributed by atoms with Crippen LogP contribution in [0, 0.1) is 6.92 Å². The molecule has 2 aromatic carbocycles. The van der Waals surface area contributed by atoms with Crippen molar-refractivity contribution in [3.63, 3.8) is 0 Å². The van der Waals surface area contributed by atoms with Crippen LogP contribution in [0.3, 0.4) is 0 Å². The summed E-state index contributed by atoms with van der Waals surface area (Å²) in [6.07, 6.45) is 1.88. The molecule has 0 unspecified atom stereocenters. The van der Waals surface area contributed by atoms with E-state index < -0.39 is 0 Å². The Morgan fingerprint density at radius 1 is 0.875 bits per heavy atom. The lowest BCUT2D eigenvalue weighted by molar-refractivity contribution is 0.668. The smallest absolute Gasteiger partial charge is 0.177 e. The van der Waals surface area contributed by atoms with Crippen LogP contribution < -0.4 is 10.6 Å². The van der Waals surface area contributed by atoms with E-state index in [1.165, 1.54) is 0 Å². The number of aromatic nitrogens is 4. The molecule has 2 heterocycles. The SMILES string of the molecule is Cc1cc(NC(=S)Nc2ccn(Cc3ccc(Cl)cc3)n2)nn1Cc1ccc(Cl)cc1Cl. The normalized spacial score (nSPS) is 10.9. The molecule has 0 bridgehead atoms. The zero-order chi connectivity index (χ0) is 22.7. The van der Waals surface area contributed by atoms with Gasteiger partial charge in [0, 0.05) is 39.1 Å². The molecule has 2 aromatic heterocycles. The molecule has 4 rings (SSSR count). The molecule has 0 spiro atoms. The monoisotopic (exact) mass is 504 g/mol. The summed E-state index contributed by atoms with van der Waals surface area (Å²) in [6, 6.07) is 16.9. The van der Waals surface area contributed by atoms with Crippen LogP contribution >= 0.6 is 47.0 Å². The number of thiocarbonyl (C=S) groups is 1. The van der Waals surface area contributed by atoms with Gasteiger partial charge in [-0.05, 0) is 54.5 Å². The van der Waals surface area contributed by atoms with Gasteiger partial charge in [0.2, 0.25) is 0 Å². The second kappa shape index (κ2) is 9.92. The molecule has 0 amide bonds. The second-order valence-electron chi connectivity index (χ2n) is 7.17. The number of hydrogen-bond donors (Lipinski definition) is 2. The van der Waals surface area contributed by atoms with Crippen molar-refractivity contribution in [2.75, 3.05) is 10.6 Å². The Morgan fingerprint density at radius 2 is 1.59 bits per heavy atom. The summed E-state index contributed by atoms with van der Waals surface area (Å²) in [7, 11) is 0. The molecule has 0 saturated heterocycles. The summed E-state index contributed by atoms with van der Waals surface area (Å²) >= 11 is 23.6. The van der Waals surface area contributed by atoms with Gasteiger partial charge < -0.3 is 10.6 Å². The maximum atomic E-state index is 6.29. The van der Waals surface area contributed by atoms with Crippen molar-refractivity contribution in [1.82, 2.24) is 19.6 Å². The zero-order valence-electron chi connectivity index (χ0n) is 17.0. The number of nitrogens with zero attached hydrogens (tertiary/aromatic N) is 4. The van der Waals surface area contributed by atoms with E-state index in [1.54, 1.807) is 6.07 Å². The van der Waals surface area contributed by atoms with Gasteiger partial charge in [0.15, 0.2) is 16.7 Å². The number of aryl methyl sites for hydroxylation is 1. The fraction of sp³-hybridized carbons (Fsp3) is 0.136. The van der Waals surface area contributed by atoms with Gasteiger partial charge in [-0.2, -0.15) is 10.2 Å². The first-order valence-electron chi connectivity index (χ1n) is 9.70. The van der Waals surface area contributed by atoms with Gasteiger partial charge in [-0.1, -0.05) is 53.0 Å². The molecule has 0 aliphatic heterocycles. The number of halogens is 3. The highest BCUT2D eigenvalue weighted by Crippen LogP contribution is 2.22. The highest BCUT2D eigenvalue weighted by Gasteiger charge is 2.10. The third kappa shape index (κ3) is 5.81. The quantitative estimate of drug-likeness (QED) is 0.303. The summed E-state index contributed by atoms with van der Waals surface area (Å²) in [5.41, 5.74) is 3.00. The maximum absolute atomic E-state index is 6.29. The molecule has 0 fully saturated rings. The molecule has 6 nitrogen and oxygen atoms in total. The zero-order valence-corrected chi connectivity index (χ0v) is 20.1. The molecule has 10 heteroatoms. The largest absolute Gasteiger partial charge is 0.316 e. The van der Waals surface area contributed by atoms with E-state index in [4.69, 9.17) is 47.0 Å². The molecule has 0 saturated carbocycles. The lowest BCUT2D eigenvalue weighted by Gasteiger charge is -2.08. The summed E-state index contributed by atoms with van der Waals surface area (Å²) in [4.78, 5) is 0. The molecule has 0 atom stereocenters. The second-order valence-corrected chi connectivity index (χ2v) is 8.86. The van der Waals surface area contributed by atoms with E-state index in [9.17, 15) is 0 Å². The van der Waals surface area contributed by atoms with Gasteiger partial charge in [-0.3, -0.25) is 9.36 Å². The average molecular weight is 506 g/mol. The van der Waals surface area contributed by atoms with E-state index in [1.807, 2.05) is 71.0 Å². The minimum Gasteiger partial charge on any atom is -0.316 e. The van der Waals surface area contributed by atoms with E-state index in [-0.39, 0.29) is 0 Å². The number of rotatable bonds is 6. The van der Waals surface area contributed by atoms with Crippen LogP contribution in [0.2, 0.25) is 15.1 Å². The van der Waals surface area contributed by atoms with Crippen molar-refractivity contribution in [3.05, 3.63) is 92.7 Å². The lowest BCUT2D eigenvalue weighted by atomic mass is 10.2. The Bertz CT molecular complexity index is 1250. The van der Waals surface area contributed by atoms with Gasteiger partial charge in [-0.15, -0.1) is 0 Å². The first kappa shape index (κ1) is 22.6. The number of nitrogens with one attached hydrogen (secondary N) is 2. The topological polar surface area (TPSA) is 59.7 Å². The predicted molar refractivity (Wildman–Crippen MR) is 135 cm³/mol. The molecule has 4 aromatic rings. The van der Waals surface area contributed by atoms with Crippen molar-refractivity contribution < 1.29 is 0 Å². The van der Waals surface area contributed by atoms with Crippen LogP contribution in [-0.4, -0.2) is 24.7 Å². The van der Waals surface area contributed by atoms with Crippen molar-refractivity contribution in [2.45, 2.75) is 20.0 Å². The van der Waals surface area contributed by atoms with Gasteiger partial charge >= 0.3 is 0 Å². The molecule has 0 aliphatic rings. The first-order valence-corrected chi connectivity index (χ1v) is 11.2. The van der Waals surface area contributed by atoms with Crippen molar-refractivity contribution in [1.29, 1.82) is 0 Å². The molecular formula is C22H19Cl3N6S. The van der Waals surface area contributed by atoms with Crippen LogP contribution in [0.5, 0.6) is 0 Å². The third-order valence-electron chi connectivity index (χ3n) is 4.70. The molecular weight excluding hydrogens is 487 g/mol. The minimum atomic E-state index is 0.399. The van der Waals surface area contributed by atoms with Crippen LogP contribution in [0.4, 0.5) is 11.6 Å². The van der Waals surface area contributed by atoms with Gasteiger partial charge in [0.05, 0.1) is 13.1 Å². The highest BCUT2D eigenvalue weighted by molar-refractivity contribution is 7.80. The van der Waals surface area contributed by atoms with Crippen molar-refractivity contribution in [3.8, 4) is 0 Å². The predicted octanol–water partition coefficient (Wildman–Crippen LogP) is 6.25. The van der Waals surface area contributed by atoms with Gasteiger partial charge in [0.25, 0.3) is 0 Å². The summed E-state index contributed by atoms with van der Waals surface area (Å²) < 4.78 is 3.67. The van der Waals surface area contributed by atoms with Crippen LogP contribution in [0.1, 0.15) is 16.8 Å². The summed E-state index contributed by atoms with van der Waals surface area (Å²) in [6.45, 7) is 3.13. The standard InChI is InChI=1S/C22H19Cl3N6S/c1-14-10-21(29-31(14)13-16-4-7-18(24)11-19(16)25)27-22(32)26-20-8-9-30(28-20)12-15-2-5-17(23)6-3-15/h2-11H,12-13H2,1H3,(H2,26,27,28,29,32). The van der Waals surface area contributed by atoms with Gasteiger partial charge in [-0.25, -0.2) is 0 Å². The maximum Gasteiger partial charge on any atom is 0.177 e. The number of benzene rings is 2. The Kier molecular flexibility index (Phi) is 7.01. The molecule has 2 N–H and O–H groups in total. The minimum absolute atomic E-state index is 0.399. The van der Waals surface area contributed by atoms with Crippen LogP contribution in [-0.2, 0) is 13.1 Å². The fourth-order valence-corrected chi connectivity index (χ4v) is 3.90. The highest BCUT2D eigenvalue weighted by atomic mass is 35.5. The Balaban J connectivity index is 1.36. The van der Waals surface area contributed by atoms with E-state index in [0.717, 1.165) is 16.8 Å². The van der Waals surface area contributed by atoms with Crippen LogP contribution in [0.15, 0.2) is 60.8 Å². The Hall–Kier alpha value is -2.58. The average Bonchev–Trinajstić information content (AvgIpc) is 3.31. The summed E-state index contributed by atoms with van der Waals surface area (Å²) in [5.74, 6) is 1.27. The number of anilines is 2. The Morgan fingerprint density at radius 3 is 2.34 bits per heavy atom. The first-order chi connectivity index (χ1) is 15.4.